The highest BCUT2D eigenvalue weighted by Gasteiger charge is 2.16. The number of hydrogen-bond acceptors (Lipinski definition) is 4. The molecule has 1 N–H and O–H groups in total. The Morgan fingerprint density at radius 2 is 2.00 bits per heavy atom. The quantitative estimate of drug-likeness (QED) is 0.713. The topological polar surface area (TPSA) is 58.6 Å². The van der Waals surface area contributed by atoms with Crippen molar-refractivity contribution in [2.45, 2.75) is 6.92 Å². The van der Waals surface area contributed by atoms with Crippen molar-refractivity contribution in [2.24, 2.45) is 0 Å². The standard InChI is InChI=1S/C17H19BrN2O3S/c1-12-5-3-4-6-13(12)23-10-9-19-16(21)11-20(2)17(22)14-7-8-15(18)24-14/h3-8H,9-11H2,1-2H3,(H,19,21). The molecule has 0 radical (unpaired) electrons. The van der Waals surface area contributed by atoms with E-state index in [9.17, 15) is 9.59 Å². The second-order valence-electron chi connectivity index (χ2n) is 5.23. The normalized spacial score (nSPS) is 10.3. The van der Waals surface area contributed by atoms with Crippen LogP contribution in [0.25, 0.3) is 0 Å². The maximum Gasteiger partial charge on any atom is 0.264 e. The van der Waals surface area contributed by atoms with E-state index in [1.165, 1.54) is 16.2 Å². The number of halogens is 1. The number of aryl methyl sites for hydroxylation is 1. The van der Waals surface area contributed by atoms with Gasteiger partial charge in [-0.1, -0.05) is 18.2 Å². The second kappa shape index (κ2) is 8.84. The predicted octanol–water partition coefficient (Wildman–Crippen LogP) is 3.09. The molecule has 0 aliphatic carbocycles. The van der Waals surface area contributed by atoms with Crippen molar-refractivity contribution in [3.8, 4) is 5.75 Å². The number of likely N-dealkylation sites (N-methyl/N-ethyl adjacent to an activating group) is 1. The second-order valence-corrected chi connectivity index (χ2v) is 7.69. The average Bonchev–Trinajstić information content (AvgIpc) is 2.98. The molecule has 0 aliphatic rings. The summed E-state index contributed by atoms with van der Waals surface area (Å²) in [5, 5.41) is 2.75. The van der Waals surface area contributed by atoms with Gasteiger partial charge < -0.3 is 15.0 Å². The molecule has 2 aromatic rings. The van der Waals surface area contributed by atoms with Gasteiger partial charge in [0.25, 0.3) is 5.91 Å². The highest BCUT2D eigenvalue weighted by molar-refractivity contribution is 9.11. The zero-order chi connectivity index (χ0) is 17.5. The first kappa shape index (κ1) is 18.5. The van der Waals surface area contributed by atoms with Crippen LogP contribution in [0, 0.1) is 6.92 Å². The van der Waals surface area contributed by atoms with Gasteiger partial charge in [0.05, 0.1) is 21.8 Å². The Kier molecular flexibility index (Phi) is 6.81. The fourth-order valence-electron chi connectivity index (χ4n) is 2.03. The zero-order valence-corrected chi connectivity index (χ0v) is 15.9. The Hall–Kier alpha value is -1.86. The van der Waals surface area contributed by atoms with Gasteiger partial charge in [0.2, 0.25) is 5.91 Å². The molecule has 2 amide bonds. The molecular weight excluding hydrogens is 392 g/mol. The van der Waals surface area contributed by atoms with Gasteiger partial charge in [0.15, 0.2) is 0 Å². The molecule has 1 aromatic heterocycles. The number of para-hydroxylation sites is 1. The molecule has 0 unspecified atom stereocenters. The Morgan fingerprint density at radius 3 is 2.67 bits per heavy atom. The van der Waals surface area contributed by atoms with Crippen molar-refractivity contribution < 1.29 is 14.3 Å². The van der Waals surface area contributed by atoms with Crippen molar-refractivity contribution in [3.63, 3.8) is 0 Å². The fourth-order valence-corrected chi connectivity index (χ4v) is 3.41. The number of hydrogen-bond donors (Lipinski definition) is 1. The number of benzene rings is 1. The smallest absolute Gasteiger partial charge is 0.264 e. The summed E-state index contributed by atoms with van der Waals surface area (Å²) >= 11 is 4.67. The van der Waals surface area contributed by atoms with E-state index in [0.717, 1.165) is 15.1 Å². The highest BCUT2D eigenvalue weighted by atomic mass is 79.9. The van der Waals surface area contributed by atoms with Crippen molar-refractivity contribution in [2.75, 3.05) is 26.7 Å². The summed E-state index contributed by atoms with van der Waals surface area (Å²) in [6.07, 6.45) is 0. The molecule has 0 spiro atoms. The van der Waals surface area contributed by atoms with Gasteiger partial charge in [-0.2, -0.15) is 0 Å². The molecule has 24 heavy (non-hydrogen) atoms. The van der Waals surface area contributed by atoms with Crippen LogP contribution in [0.5, 0.6) is 5.75 Å². The molecule has 2 rings (SSSR count). The summed E-state index contributed by atoms with van der Waals surface area (Å²) in [6.45, 7) is 2.75. The van der Waals surface area contributed by atoms with Crippen LogP contribution < -0.4 is 10.1 Å². The van der Waals surface area contributed by atoms with Crippen LogP contribution in [0.2, 0.25) is 0 Å². The van der Waals surface area contributed by atoms with Crippen molar-refractivity contribution in [1.82, 2.24) is 10.2 Å². The van der Waals surface area contributed by atoms with Gasteiger partial charge in [-0.25, -0.2) is 0 Å². The number of rotatable bonds is 7. The van der Waals surface area contributed by atoms with E-state index in [1.54, 1.807) is 13.1 Å². The third-order valence-electron chi connectivity index (χ3n) is 3.29. The number of carbonyl (C=O) groups is 2. The maximum atomic E-state index is 12.2. The summed E-state index contributed by atoms with van der Waals surface area (Å²) in [4.78, 5) is 26.1. The monoisotopic (exact) mass is 410 g/mol. The molecule has 5 nitrogen and oxygen atoms in total. The minimum atomic E-state index is -0.213. The first-order valence-electron chi connectivity index (χ1n) is 7.43. The predicted molar refractivity (Wildman–Crippen MR) is 98.7 cm³/mol. The lowest BCUT2D eigenvalue weighted by molar-refractivity contribution is -0.121. The fraction of sp³-hybridized carbons (Fsp3) is 0.294. The number of thiophene rings is 1. The first-order valence-corrected chi connectivity index (χ1v) is 9.04. The number of nitrogens with one attached hydrogen (secondary N) is 1. The van der Waals surface area contributed by atoms with Gasteiger partial charge in [0.1, 0.15) is 12.4 Å². The molecule has 0 fully saturated rings. The van der Waals surface area contributed by atoms with Gasteiger partial charge in [-0.15, -0.1) is 11.3 Å². The third-order valence-corrected chi connectivity index (χ3v) is 4.90. The summed E-state index contributed by atoms with van der Waals surface area (Å²) in [7, 11) is 1.61. The first-order chi connectivity index (χ1) is 11.5. The third kappa shape index (κ3) is 5.35. The minimum absolute atomic E-state index is 0.0126. The van der Waals surface area contributed by atoms with Gasteiger partial charge >= 0.3 is 0 Å². The van der Waals surface area contributed by atoms with Crippen LogP contribution in [0.15, 0.2) is 40.2 Å². The van der Waals surface area contributed by atoms with E-state index in [0.29, 0.717) is 18.0 Å². The van der Waals surface area contributed by atoms with Crippen molar-refractivity contribution in [3.05, 3.63) is 50.6 Å². The summed E-state index contributed by atoms with van der Waals surface area (Å²) in [5.41, 5.74) is 1.05. The van der Waals surface area contributed by atoms with Gasteiger partial charge in [0, 0.05) is 7.05 Å². The summed E-state index contributed by atoms with van der Waals surface area (Å²) < 4.78 is 6.50. The van der Waals surface area contributed by atoms with Gasteiger partial charge in [-0.3, -0.25) is 9.59 Å². The number of carbonyl (C=O) groups excluding carboxylic acids is 2. The van der Waals surface area contributed by atoms with Crippen LogP contribution in [0.4, 0.5) is 0 Å². The molecule has 7 heteroatoms. The van der Waals surface area contributed by atoms with E-state index in [4.69, 9.17) is 4.74 Å². The van der Waals surface area contributed by atoms with Crippen molar-refractivity contribution in [1.29, 1.82) is 0 Å². The lowest BCUT2D eigenvalue weighted by atomic mass is 10.2. The maximum absolute atomic E-state index is 12.2. The minimum Gasteiger partial charge on any atom is -0.491 e. The molecule has 0 saturated heterocycles. The highest BCUT2D eigenvalue weighted by Crippen LogP contribution is 2.22. The van der Waals surface area contributed by atoms with Crippen LogP contribution in [-0.4, -0.2) is 43.5 Å². The molecule has 1 heterocycles. The van der Waals surface area contributed by atoms with Gasteiger partial charge in [-0.05, 0) is 46.6 Å². The Bertz CT molecular complexity index is 717. The van der Waals surface area contributed by atoms with Crippen LogP contribution in [0.1, 0.15) is 15.2 Å². The molecule has 0 aliphatic heterocycles. The Balaban J connectivity index is 1.71. The van der Waals surface area contributed by atoms with Crippen LogP contribution in [0.3, 0.4) is 0 Å². The SMILES string of the molecule is Cc1ccccc1OCCNC(=O)CN(C)C(=O)c1ccc(Br)s1. The number of nitrogens with zero attached hydrogens (tertiary/aromatic N) is 1. The largest absolute Gasteiger partial charge is 0.491 e. The zero-order valence-electron chi connectivity index (χ0n) is 13.5. The van der Waals surface area contributed by atoms with E-state index in [2.05, 4.69) is 21.2 Å². The molecule has 128 valence electrons. The molecule has 1 aromatic carbocycles. The van der Waals surface area contributed by atoms with Crippen molar-refractivity contribution >= 4 is 39.1 Å². The lowest BCUT2D eigenvalue weighted by Crippen LogP contribution is -2.39. The van der Waals surface area contributed by atoms with Crippen LogP contribution >= 0.6 is 27.3 Å². The Morgan fingerprint density at radius 1 is 1.25 bits per heavy atom. The summed E-state index contributed by atoms with van der Waals surface area (Å²) in [5.74, 6) is 0.425. The summed E-state index contributed by atoms with van der Waals surface area (Å²) in [6, 6.07) is 11.3. The molecule has 0 saturated carbocycles. The van der Waals surface area contributed by atoms with E-state index in [-0.39, 0.29) is 18.4 Å². The number of ether oxygens (including phenoxy) is 1. The lowest BCUT2D eigenvalue weighted by Gasteiger charge is -2.16. The average molecular weight is 411 g/mol. The van der Waals surface area contributed by atoms with E-state index in [1.807, 2.05) is 37.3 Å². The van der Waals surface area contributed by atoms with Crippen LogP contribution in [-0.2, 0) is 4.79 Å². The van der Waals surface area contributed by atoms with E-state index < -0.39 is 0 Å². The molecule has 0 bridgehead atoms. The van der Waals surface area contributed by atoms with E-state index >= 15 is 0 Å². The molecule has 0 atom stereocenters. The number of amides is 2. The molecular formula is C17H19BrN2O3S. The Labute approximate surface area is 153 Å².